The Hall–Kier alpha value is -5.06. The molecule has 0 fully saturated rings. The van der Waals surface area contributed by atoms with Crippen molar-refractivity contribution in [2.45, 2.75) is 25.4 Å². The third-order valence-electron chi connectivity index (χ3n) is 5.37. The Balaban J connectivity index is 1.74. The maximum absolute atomic E-state index is 12.7. The lowest BCUT2D eigenvalue weighted by molar-refractivity contribution is -0.144. The lowest BCUT2D eigenvalue weighted by Crippen LogP contribution is -2.41. The van der Waals surface area contributed by atoms with Gasteiger partial charge in [-0.2, -0.15) is 15.2 Å². The van der Waals surface area contributed by atoms with Crippen LogP contribution in [-0.2, 0) is 25.6 Å². The summed E-state index contributed by atoms with van der Waals surface area (Å²) in [5, 5.41) is 12.1. The molecule has 0 spiro atoms. The molecule has 0 radical (unpaired) electrons. The summed E-state index contributed by atoms with van der Waals surface area (Å²) in [7, 11) is 4.20. The van der Waals surface area contributed by atoms with Crippen molar-refractivity contribution < 1.29 is 23.9 Å². The number of nitrogens with two attached hydrogens (primary N) is 2. The molecule has 0 aliphatic heterocycles. The van der Waals surface area contributed by atoms with Crippen LogP contribution in [0.5, 0.6) is 0 Å². The van der Waals surface area contributed by atoms with Crippen molar-refractivity contribution >= 4 is 46.5 Å². The highest BCUT2D eigenvalue weighted by Crippen LogP contribution is 2.21. The van der Waals surface area contributed by atoms with Gasteiger partial charge < -0.3 is 31.2 Å². The summed E-state index contributed by atoms with van der Waals surface area (Å²) in [5.41, 5.74) is 13.2. The van der Waals surface area contributed by atoms with E-state index in [0.29, 0.717) is 11.4 Å². The highest BCUT2D eigenvalue weighted by Gasteiger charge is 2.23. The number of nitriles is 1. The van der Waals surface area contributed by atoms with Gasteiger partial charge in [-0.05, 0) is 30.7 Å². The topological polar surface area (TPSA) is 212 Å². The van der Waals surface area contributed by atoms with Crippen LogP contribution >= 0.6 is 0 Å². The Kier molecular flexibility index (Phi) is 8.31. The highest BCUT2D eigenvalue weighted by atomic mass is 16.5. The molecule has 3 rings (SSSR count). The van der Waals surface area contributed by atoms with Gasteiger partial charge in [0.05, 0.1) is 26.5 Å². The summed E-state index contributed by atoms with van der Waals surface area (Å²) in [6.45, 7) is 0.194. The van der Waals surface area contributed by atoms with E-state index in [1.54, 1.807) is 36.2 Å². The minimum Gasteiger partial charge on any atom is -0.469 e. The zero-order chi connectivity index (χ0) is 27.1. The number of anilines is 3. The molecule has 14 nitrogen and oxygen atoms in total. The zero-order valence-electron chi connectivity index (χ0n) is 20.4. The van der Waals surface area contributed by atoms with Gasteiger partial charge in [-0.25, -0.2) is 14.8 Å². The van der Waals surface area contributed by atoms with Crippen LogP contribution in [0.25, 0.3) is 11.2 Å². The second-order valence-electron chi connectivity index (χ2n) is 7.84. The molecular weight excluding hydrogens is 482 g/mol. The number of nitrogens with one attached hydrogen (secondary N) is 1. The average molecular weight is 508 g/mol. The fraction of sp³-hybridized carbons (Fsp3) is 0.304. The number of methoxy groups -OCH3 is 2. The third kappa shape index (κ3) is 6.34. The van der Waals surface area contributed by atoms with Crippen LogP contribution in [0, 0.1) is 11.3 Å². The van der Waals surface area contributed by atoms with Gasteiger partial charge in [-0.15, -0.1) is 0 Å². The second-order valence-corrected chi connectivity index (χ2v) is 7.84. The molecule has 3 aromatic rings. The summed E-state index contributed by atoms with van der Waals surface area (Å²) in [4.78, 5) is 54.4. The first-order valence-electron chi connectivity index (χ1n) is 10.9. The number of aromatic nitrogens is 4. The van der Waals surface area contributed by atoms with Crippen molar-refractivity contribution in [2.24, 2.45) is 0 Å². The second kappa shape index (κ2) is 11.6. The van der Waals surface area contributed by atoms with E-state index in [1.165, 1.54) is 14.2 Å². The number of carbonyl (C=O) groups is 3. The third-order valence-corrected chi connectivity index (χ3v) is 5.37. The fourth-order valence-electron chi connectivity index (χ4n) is 3.40. The zero-order valence-corrected chi connectivity index (χ0v) is 20.4. The van der Waals surface area contributed by atoms with E-state index < -0.39 is 23.9 Å². The maximum atomic E-state index is 12.7. The monoisotopic (exact) mass is 507 g/mol. The van der Waals surface area contributed by atoms with Crippen molar-refractivity contribution in [3.8, 4) is 6.07 Å². The van der Waals surface area contributed by atoms with E-state index >= 15 is 0 Å². The van der Waals surface area contributed by atoms with Crippen molar-refractivity contribution in [1.82, 2.24) is 25.3 Å². The van der Waals surface area contributed by atoms with Crippen molar-refractivity contribution in [3.05, 3.63) is 41.2 Å². The van der Waals surface area contributed by atoms with Crippen LogP contribution < -0.4 is 21.7 Å². The number of ether oxygens (including phenoxy) is 2. The van der Waals surface area contributed by atoms with E-state index in [9.17, 15) is 19.6 Å². The van der Waals surface area contributed by atoms with E-state index in [4.69, 9.17) is 16.2 Å². The lowest BCUT2D eigenvalue weighted by Gasteiger charge is -2.20. The predicted octanol–water partition coefficient (Wildman–Crippen LogP) is 0.317. The van der Waals surface area contributed by atoms with Gasteiger partial charge >= 0.3 is 11.9 Å². The molecule has 0 aliphatic carbocycles. The van der Waals surface area contributed by atoms with Crippen LogP contribution in [0.15, 0.2) is 24.3 Å². The van der Waals surface area contributed by atoms with E-state index in [0.717, 1.165) is 0 Å². The predicted molar refractivity (Wildman–Crippen MR) is 132 cm³/mol. The van der Waals surface area contributed by atoms with Gasteiger partial charge in [-0.3, -0.25) is 9.59 Å². The Morgan fingerprint density at radius 2 is 1.78 bits per heavy atom. The Labute approximate surface area is 211 Å². The molecule has 1 amide bonds. The number of carbonyl (C=O) groups excluding carboxylic acids is 3. The molecular formula is C23H25N9O5. The first kappa shape index (κ1) is 26.5. The van der Waals surface area contributed by atoms with Gasteiger partial charge in [0.1, 0.15) is 12.1 Å². The van der Waals surface area contributed by atoms with Crippen LogP contribution in [-0.4, -0.2) is 65.1 Å². The van der Waals surface area contributed by atoms with Crippen LogP contribution in [0.2, 0.25) is 0 Å². The molecule has 2 aromatic heterocycles. The molecule has 2 heterocycles. The Bertz CT molecular complexity index is 1370. The minimum absolute atomic E-state index is 0.0298. The smallest absolute Gasteiger partial charge is 0.328 e. The number of hydrogen-bond donors (Lipinski definition) is 3. The van der Waals surface area contributed by atoms with Gasteiger partial charge in [0.15, 0.2) is 22.7 Å². The molecule has 1 aromatic carbocycles. The van der Waals surface area contributed by atoms with Crippen molar-refractivity contribution in [2.75, 3.05) is 37.6 Å². The number of amides is 1. The first-order valence-corrected chi connectivity index (χ1v) is 10.9. The molecule has 0 unspecified atom stereocenters. The Morgan fingerprint density at radius 1 is 1.08 bits per heavy atom. The normalized spacial score (nSPS) is 11.3. The van der Waals surface area contributed by atoms with Crippen LogP contribution in [0.3, 0.4) is 0 Å². The summed E-state index contributed by atoms with van der Waals surface area (Å²) in [6, 6.07) is 7.51. The lowest BCUT2D eigenvalue weighted by atomic mass is 10.1. The Morgan fingerprint density at radius 3 is 2.41 bits per heavy atom. The largest absolute Gasteiger partial charge is 0.469 e. The van der Waals surface area contributed by atoms with Crippen LogP contribution in [0.4, 0.5) is 17.5 Å². The number of hydrogen-bond acceptors (Lipinski definition) is 13. The van der Waals surface area contributed by atoms with Gasteiger partial charge in [0.2, 0.25) is 5.95 Å². The molecule has 0 saturated heterocycles. The van der Waals surface area contributed by atoms with Crippen LogP contribution in [0.1, 0.15) is 34.6 Å². The maximum Gasteiger partial charge on any atom is 0.328 e. The quantitative estimate of drug-likeness (QED) is 0.333. The summed E-state index contributed by atoms with van der Waals surface area (Å²) >= 11 is 0. The summed E-state index contributed by atoms with van der Waals surface area (Å²) in [6.07, 6.45) is -0.0319. The van der Waals surface area contributed by atoms with E-state index in [1.807, 2.05) is 6.07 Å². The number of fused-ring (bicyclic) bond motifs is 1. The molecule has 0 saturated carbocycles. The molecule has 37 heavy (non-hydrogen) atoms. The minimum atomic E-state index is -1.01. The molecule has 0 bridgehead atoms. The van der Waals surface area contributed by atoms with Gasteiger partial charge in [0.25, 0.3) is 5.91 Å². The molecule has 1 atom stereocenters. The fourth-order valence-corrected chi connectivity index (χ4v) is 3.40. The number of nitrogens with zero attached hydrogens (tertiary/aromatic N) is 6. The summed E-state index contributed by atoms with van der Waals surface area (Å²) < 4.78 is 9.29. The number of esters is 2. The molecule has 192 valence electrons. The highest BCUT2D eigenvalue weighted by molar-refractivity contribution is 5.97. The van der Waals surface area contributed by atoms with Crippen molar-refractivity contribution in [1.29, 1.82) is 5.26 Å². The number of nitrogen functional groups attached to an aromatic ring is 2. The number of benzene rings is 1. The molecule has 0 aliphatic rings. The number of rotatable bonds is 9. The van der Waals surface area contributed by atoms with Gasteiger partial charge in [0, 0.05) is 24.7 Å². The van der Waals surface area contributed by atoms with E-state index in [-0.39, 0.29) is 53.6 Å². The summed E-state index contributed by atoms with van der Waals surface area (Å²) in [5.74, 6) is -1.72. The van der Waals surface area contributed by atoms with Crippen molar-refractivity contribution in [3.63, 3.8) is 0 Å². The van der Waals surface area contributed by atoms with Gasteiger partial charge in [-0.1, -0.05) is 0 Å². The molecule has 5 N–H and O–H groups in total. The first-order chi connectivity index (χ1) is 17.7. The average Bonchev–Trinajstić information content (AvgIpc) is 2.90. The van der Waals surface area contributed by atoms with E-state index in [2.05, 4.69) is 30.0 Å². The standard InChI is InChI=1S/C23H25N9O5/c1-32(11-16-15(10-24)28-20-18(27-16)19(25)30-23(26)31-20)13-6-4-12(5-7-13)21(34)29-14(22(35)37-3)8-9-17(33)36-2/h4-7,14H,8-9,11H2,1-3H3,(H,29,34)(H4,25,26,28,30,31)/t14-/m0/s1. The SMILES string of the molecule is COC(=O)CC[C@H](NC(=O)c1ccc(N(C)Cc2nc3c(N)nc(N)nc3nc2C#N)cc1)C(=O)OC. The molecule has 14 heteroatoms.